The first-order valence-electron chi connectivity index (χ1n) is 10.2. The summed E-state index contributed by atoms with van der Waals surface area (Å²) in [5, 5.41) is 3.79. The Morgan fingerprint density at radius 3 is 2.65 bits per heavy atom. The largest absolute Gasteiger partial charge is 0.486 e. The Morgan fingerprint density at radius 1 is 1.06 bits per heavy atom. The number of pyridine rings is 1. The Morgan fingerprint density at radius 2 is 1.84 bits per heavy atom. The monoisotopic (exact) mass is 420 g/mol. The molecule has 1 aromatic heterocycles. The van der Waals surface area contributed by atoms with E-state index in [1.54, 1.807) is 24.4 Å². The molecule has 0 radical (unpaired) electrons. The summed E-state index contributed by atoms with van der Waals surface area (Å²) in [6.07, 6.45) is 1.62. The predicted octanol–water partition coefficient (Wildman–Crippen LogP) is 3.68. The maximum Gasteiger partial charge on any atom is 0.340 e. The third-order valence-electron chi connectivity index (χ3n) is 5.10. The number of carbonyl (C=O) groups is 2. The number of esters is 1. The van der Waals surface area contributed by atoms with Gasteiger partial charge in [0.2, 0.25) is 0 Å². The topological polar surface area (TPSA) is 86.8 Å². The average Bonchev–Trinajstić information content (AvgIpc) is 2.80. The molecule has 1 aliphatic heterocycles. The van der Waals surface area contributed by atoms with Crippen LogP contribution < -0.4 is 14.8 Å². The van der Waals surface area contributed by atoms with Gasteiger partial charge in [-0.3, -0.25) is 9.78 Å². The Bertz CT molecular complexity index is 1110. The van der Waals surface area contributed by atoms with Gasteiger partial charge in [0.05, 0.1) is 17.1 Å². The molecule has 0 saturated carbocycles. The summed E-state index contributed by atoms with van der Waals surface area (Å²) in [6, 6.07) is 14.3. The summed E-state index contributed by atoms with van der Waals surface area (Å²) < 4.78 is 16.5. The van der Waals surface area contributed by atoms with Gasteiger partial charge in [0, 0.05) is 11.6 Å². The number of ether oxygens (including phenoxy) is 3. The van der Waals surface area contributed by atoms with Gasteiger partial charge in [-0.15, -0.1) is 0 Å². The maximum absolute atomic E-state index is 12.6. The molecule has 160 valence electrons. The van der Waals surface area contributed by atoms with Crippen molar-refractivity contribution in [3.63, 3.8) is 0 Å². The van der Waals surface area contributed by atoms with Crippen LogP contribution in [0.2, 0.25) is 0 Å². The normalized spacial score (nSPS) is 13.6. The van der Waals surface area contributed by atoms with Crippen LogP contribution in [0.4, 0.5) is 0 Å². The van der Waals surface area contributed by atoms with Crippen LogP contribution in [0.25, 0.3) is 10.9 Å². The van der Waals surface area contributed by atoms with Crippen molar-refractivity contribution < 1.29 is 23.8 Å². The Labute approximate surface area is 180 Å². The van der Waals surface area contributed by atoms with Crippen LogP contribution in [0.3, 0.4) is 0 Å². The zero-order valence-electron chi connectivity index (χ0n) is 17.5. The molecule has 0 bridgehead atoms. The van der Waals surface area contributed by atoms with Crippen LogP contribution in [0.15, 0.2) is 54.7 Å². The predicted molar refractivity (Wildman–Crippen MR) is 115 cm³/mol. The molecular weight excluding hydrogens is 396 g/mol. The Hall–Kier alpha value is -3.61. The lowest BCUT2D eigenvalue weighted by Gasteiger charge is -2.25. The van der Waals surface area contributed by atoms with Gasteiger partial charge >= 0.3 is 5.97 Å². The van der Waals surface area contributed by atoms with Gasteiger partial charge in [-0.05, 0) is 35.7 Å². The van der Waals surface area contributed by atoms with Gasteiger partial charge in [0.1, 0.15) is 13.2 Å². The molecule has 4 rings (SSSR count). The highest BCUT2D eigenvalue weighted by Gasteiger charge is 2.22. The fourth-order valence-electron chi connectivity index (χ4n) is 3.58. The highest BCUT2D eigenvalue weighted by molar-refractivity contribution is 6.03. The summed E-state index contributed by atoms with van der Waals surface area (Å²) in [5.74, 6) is 0.513. The number of nitrogens with zero attached hydrogens (tertiary/aromatic N) is 1. The SMILES string of the molecule is CC(C)[C@@H](NC(=O)COC(=O)c1cccc2cccnc12)c1ccc2c(c1)OCCO2. The number of para-hydroxylation sites is 1. The second-order valence-electron chi connectivity index (χ2n) is 7.65. The van der Waals surface area contributed by atoms with E-state index in [0.29, 0.717) is 35.8 Å². The maximum atomic E-state index is 12.6. The van der Waals surface area contributed by atoms with Crippen LogP contribution >= 0.6 is 0 Å². The van der Waals surface area contributed by atoms with Crippen LogP contribution in [-0.4, -0.2) is 36.7 Å². The second kappa shape index (κ2) is 9.04. The van der Waals surface area contributed by atoms with Crippen molar-refractivity contribution >= 4 is 22.8 Å². The van der Waals surface area contributed by atoms with Gasteiger partial charge < -0.3 is 19.5 Å². The lowest BCUT2D eigenvalue weighted by atomic mass is 9.95. The fraction of sp³-hybridized carbons (Fsp3) is 0.292. The molecule has 0 spiro atoms. The molecule has 31 heavy (non-hydrogen) atoms. The molecular formula is C24H24N2O5. The van der Waals surface area contributed by atoms with E-state index in [9.17, 15) is 9.59 Å². The third-order valence-corrected chi connectivity index (χ3v) is 5.10. The van der Waals surface area contributed by atoms with Crippen LogP contribution in [-0.2, 0) is 9.53 Å². The Balaban J connectivity index is 1.42. The highest BCUT2D eigenvalue weighted by atomic mass is 16.6. The van der Waals surface area contributed by atoms with Crippen molar-refractivity contribution in [2.24, 2.45) is 5.92 Å². The van der Waals surface area contributed by atoms with E-state index in [-0.39, 0.29) is 24.5 Å². The zero-order chi connectivity index (χ0) is 21.8. The first-order chi connectivity index (χ1) is 15.0. The molecule has 0 fully saturated rings. The van der Waals surface area contributed by atoms with Crippen LogP contribution in [0.5, 0.6) is 11.5 Å². The standard InChI is InChI=1S/C24H24N2O5/c1-15(2)22(17-8-9-19-20(13-17)30-12-11-29-19)26-21(27)14-31-24(28)18-7-3-5-16-6-4-10-25-23(16)18/h3-10,13,15,22H,11-12,14H2,1-2H3,(H,26,27)/t22-/m1/s1. The number of nitrogens with one attached hydrogen (secondary N) is 1. The van der Waals surface area contributed by atoms with Gasteiger partial charge in [-0.1, -0.05) is 38.1 Å². The van der Waals surface area contributed by atoms with E-state index in [2.05, 4.69) is 10.3 Å². The number of fused-ring (bicyclic) bond motifs is 2. The lowest BCUT2D eigenvalue weighted by molar-refractivity contribution is -0.125. The number of hydrogen-bond acceptors (Lipinski definition) is 6. The second-order valence-corrected chi connectivity index (χ2v) is 7.65. The van der Waals surface area contributed by atoms with E-state index in [1.807, 2.05) is 44.2 Å². The first kappa shape index (κ1) is 20.7. The van der Waals surface area contributed by atoms with Crippen molar-refractivity contribution in [3.05, 3.63) is 65.9 Å². The van der Waals surface area contributed by atoms with Crippen molar-refractivity contribution in [1.82, 2.24) is 10.3 Å². The minimum absolute atomic E-state index is 0.115. The van der Waals surface area contributed by atoms with E-state index in [0.717, 1.165) is 10.9 Å². The van der Waals surface area contributed by atoms with Crippen molar-refractivity contribution in [1.29, 1.82) is 0 Å². The van der Waals surface area contributed by atoms with Crippen molar-refractivity contribution in [2.75, 3.05) is 19.8 Å². The van der Waals surface area contributed by atoms with Crippen LogP contribution in [0, 0.1) is 5.92 Å². The summed E-state index contributed by atoms with van der Waals surface area (Å²) in [4.78, 5) is 29.4. The number of carbonyl (C=O) groups excluding carboxylic acids is 2. The molecule has 1 aliphatic rings. The molecule has 7 heteroatoms. The summed E-state index contributed by atoms with van der Waals surface area (Å²) in [7, 11) is 0. The lowest BCUT2D eigenvalue weighted by Crippen LogP contribution is -2.35. The molecule has 0 unspecified atom stereocenters. The van der Waals surface area contributed by atoms with E-state index >= 15 is 0 Å². The van der Waals surface area contributed by atoms with E-state index in [1.165, 1.54) is 0 Å². The number of hydrogen-bond donors (Lipinski definition) is 1. The molecule has 2 heterocycles. The molecule has 1 N–H and O–H groups in total. The number of aromatic nitrogens is 1. The third kappa shape index (κ3) is 4.60. The van der Waals surface area contributed by atoms with E-state index in [4.69, 9.17) is 14.2 Å². The minimum Gasteiger partial charge on any atom is -0.486 e. The molecule has 0 saturated heterocycles. The zero-order valence-corrected chi connectivity index (χ0v) is 17.5. The van der Waals surface area contributed by atoms with Crippen LogP contribution in [0.1, 0.15) is 35.8 Å². The minimum atomic E-state index is -0.583. The van der Waals surface area contributed by atoms with Gasteiger partial charge in [-0.2, -0.15) is 0 Å². The summed E-state index contributed by atoms with van der Waals surface area (Å²) in [6.45, 7) is 4.66. The van der Waals surface area contributed by atoms with Crippen molar-refractivity contribution in [3.8, 4) is 11.5 Å². The highest BCUT2D eigenvalue weighted by Crippen LogP contribution is 2.34. The van der Waals surface area contributed by atoms with Gasteiger partial charge in [-0.25, -0.2) is 4.79 Å². The smallest absolute Gasteiger partial charge is 0.340 e. The first-order valence-corrected chi connectivity index (χ1v) is 10.2. The number of amides is 1. The van der Waals surface area contributed by atoms with Gasteiger partial charge in [0.25, 0.3) is 5.91 Å². The number of rotatable bonds is 6. The van der Waals surface area contributed by atoms with Gasteiger partial charge in [0.15, 0.2) is 18.1 Å². The molecule has 1 atom stereocenters. The van der Waals surface area contributed by atoms with E-state index < -0.39 is 5.97 Å². The summed E-state index contributed by atoms with van der Waals surface area (Å²) in [5.41, 5.74) is 1.78. The van der Waals surface area contributed by atoms with Crippen molar-refractivity contribution in [2.45, 2.75) is 19.9 Å². The molecule has 2 aromatic carbocycles. The molecule has 0 aliphatic carbocycles. The number of benzene rings is 2. The summed E-state index contributed by atoms with van der Waals surface area (Å²) >= 11 is 0. The quantitative estimate of drug-likeness (QED) is 0.612. The fourth-order valence-corrected chi connectivity index (χ4v) is 3.58. The molecule has 1 amide bonds. The Kier molecular flexibility index (Phi) is 6.02. The average molecular weight is 420 g/mol. The molecule has 7 nitrogen and oxygen atoms in total. The molecule has 3 aromatic rings.